The van der Waals surface area contributed by atoms with Crippen LogP contribution in [-0.2, 0) is 19.0 Å². The molecule has 2 aliphatic heterocycles. The Morgan fingerprint density at radius 1 is 1.54 bits per heavy atom. The van der Waals surface area contributed by atoms with E-state index < -0.39 is 5.79 Å². The van der Waals surface area contributed by atoms with E-state index in [1.54, 1.807) is 6.08 Å². The number of esters is 1. The van der Waals surface area contributed by atoms with Gasteiger partial charge in [-0.3, -0.25) is 0 Å². The predicted molar refractivity (Wildman–Crippen MR) is 43.9 cm³/mol. The van der Waals surface area contributed by atoms with E-state index in [4.69, 9.17) is 14.2 Å². The molecular formula is C9H12O4. The van der Waals surface area contributed by atoms with Crippen LogP contribution < -0.4 is 0 Å². The van der Waals surface area contributed by atoms with Crippen LogP contribution in [0.15, 0.2) is 12.2 Å². The second-order valence-corrected chi connectivity index (χ2v) is 3.63. The summed E-state index contributed by atoms with van der Waals surface area (Å²) >= 11 is 0. The van der Waals surface area contributed by atoms with E-state index in [1.807, 2.05) is 13.8 Å². The SMILES string of the molecule is CC1(C)OC[C@@H]([C@H]2C=CC(=O)O2)O1. The van der Waals surface area contributed by atoms with Crippen molar-refractivity contribution in [2.75, 3.05) is 6.61 Å². The summed E-state index contributed by atoms with van der Waals surface area (Å²) in [6.45, 7) is 4.15. The molecule has 0 aromatic heterocycles. The predicted octanol–water partition coefficient (Wildman–Crippen LogP) is 0.619. The van der Waals surface area contributed by atoms with E-state index in [9.17, 15) is 4.79 Å². The number of cyclic esters (lactones) is 1. The molecule has 13 heavy (non-hydrogen) atoms. The first kappa shape index (κ1) is 8.72. The summed E-state index contributed by atoms with van der Waals surface area (Å²) in [5.41, 5.74) is 0. The lowest BCUT2D eigenvalue weighted by atomic mass is 10.2. The summed E-state index contributed by atoms with van der Waals surface area (Å²) in [4.78, 5) is 10.8. The average molecular weight is 184 g/mol. The van der Waals surface area contributed by atoms with Gasteiger partial charge in [0.15, 0.2) is 5.79 Å². The molecule has 0 aromatic carbocycles. The van der Waals surface area contributed by atoms with Crippen molar-refractivity contribution < 1.29 is 19.0 Å². The molecule has 1 fully saturated rings. The van der Waals surface area contributed by atoms with E-state index in [-0.39, 0.29) is 18.2 Å². The fraction of sp³-hybridized carbons (Fsp3) is 0.667. The van der Waals surface area contributed by atoms with Crippen LogP contribution in [-0.4, -0.2) is 30.6 Å². The fourth-order valence-electron chi connectivity index (χ4n) is 1.46. The van der Waals surface area contributed by atoms with Gasteiger partial charge >= 0.3 is 5.97 Å². The summed E-state index contributed by atoms with van der Waals surface area (Å²) < 4.78 is 15.9. The topological polar surface area (TPSA) is 44.8 Å². The van der Waals surface area contributed by atoms with Gasteiger partial charge in [0.25, 0.3) is 0 Å². The van der Waals surface area contributed by atoms with Crippen molar-refractivity contribution in [3.8, 4) is 0 Å². The number of rotatable bonds is 1. The van der Waals surface area contributed by atoms with E-state index in [0.717, 1.165) is 0 Å². The largest absolute Gasteiger partial charge is 0.452 e. The molecule has 4 heteroatoms. The molecule has 0 aromatic rings. The number of ether oxygens (including phenoxy) is 3. The van der Waals surface area contributed by atoms with Gasteiger partial charge in [-0.25, -0.2) is 4.79 Å². The van der Waals surface area contributed by atoms with E-state index in [2.05, 4.69) is 0 Å². The highest BCUT2D eigenvalue weighted by Crippen LogP contribution is 2.27. The lowest BCUT2D eigenvalue weighted by molar-refractivity contribution is -0.159. The molecule has 0 bridgehead atoms. The molecule has 0 spiro atoms. The Kier molecular flexibility index (Phi) is 1.89. The van der Waals surface area contributed by atoms with E-state index in [0.29, 0.717) is 6.61 Å². The van der Waals surface area contributed by atoms with Crippen LogP contribution in [0.1, 0.15) is 13.8 Å². The molecule has 0 unspecified atom stereocenters. The van der Waals surface area contributed by atoms with Gasteiger partial charge in [-0.15, -0.1) is 0 Å². The van der Waals surface area contributed by atoms with Crippen molar-refractivity contribution >= 4 is 5.97 Å². The zero-order chi connectivity index (χ0) is 9.47. The first-order valence-corrected chi connectivity index (χ1v) is 4.27. The normalized spacial score (nSPS) is 36.6. The maximum Gasteiger partial charge on any atom is 0.331 e. The highest BCUT2D eigenvalue weighted by molar-refractivity contribution is 5.84. The first-order valence-electron chi connectivity index (χ1n) is 4.27. The lowest BCUT2D eigenvalue weighted by Crippen LogP contribution is -2.30. The molecule has 4 nitrogen and oxygen atoms in total. The number of hydrogen-bond acceptors (Lipinski definition) is 4. The molecule has 0 N–H and O–H groups in total. The minimum Gasteiger partial charge on any atom is -0.452 e. The van der Waals surface area contributed by atoms with Gasteiger partial charge in [0.2, 0.25) is 0 Å². The van der Waals surface area contributed by atoms with Gasteiger partial charge in [0, 0.05) is 6.08 Å². The van der Waals surface area contributed by atoms with Gasteiger partial charge in [-0.05, 0) is 19.9 Å². The van der Waals surface area contributed by atoms with Crippen molar-refractivity contribution in [2.45, 2.75) is 31.8 Å². The van der Waals surface area contributed by atoms with Crippen molar-refractivity contribution in [3.63, 3.8) is 0 Å². The van der Waals surface area contributed by atoms with Gasteiger partial charge in [0.1, 0.15) is 12.2 Å². The van der Waals surface area contributed by atoms with E-state index >= 15 is 0 Å². The van der Waals surface area contributed by atoms with Crippen molar-refractivity contribution in [3.05, 3.63) is 12.2 Å². The van der Waals surface area contributed by atoms with Crippen LogP contribution >= 0.6 is 0 Å². The highest BCUT2D eigenvalue weighted by atomic mass is 16.8. The molecule has 1 saturated heterocycles. The Morgan fingerprint density at radius 2 is 2.31 bits per heavy atom. The third-order valence-corrected chi connectivity index (χ3v) is 2.07. The molecule has 2 heterocycles. The van der Waals surface area contributed by atoms with Crippen LogP contribution in [0.2, 0.25) is 0 Å². The van der Waals surface area contributed by atoms with Gasteiger partial charge in [-0.1, -0.05) is 0 Å². The third-order valence-electron chi connectivity index (χ3n) is 2.07. The highest BCUT2D eigenvalue weighted by Gasteiger charge is 2.39. The fourth-order valence-corrected chi connectivity index (χ4v) is 1.46. The first-order chi connectivity index (χ1) is 6.07. The maximum atomic E-state index is 10.8. The summed E-state index contributed by atoms with van der Waals surface area (Å²) in [6.07, 6.45) is 2.67. The van der Waals surface area contributed by atoms with Crippen LogP contribution in [0.3, 0.4) is 0 Å². The van der Waals surface area contributed by atoms with Gasteiger partial charge in [-0.2, -0.15) is 0 Å². The Bertz CT molecular complexity index is 256. The molecule has 2 rings (SSSR count). The maximum absolute atomic E-state index is 10.8. The molecule has 2 atom stereocenters. The molecule has 72 valence electrons. The number of carbonyl (C=O) groups excluding carboxylic acids is 1. The number of hydrogen-bond donors (Lipinski definition) is 0. The summed E-state index contributed by atoms with van der Waals surface area (Å²) in [7, 11) is 0. The monoisotopic (exact) mass is 184 g/mol. The standard InChI is InChI=1S/C9H12O4/c1-9(2)11-5-7(13-9)6-3-4-8(10)12-6/h3-4,6-7H,5H2,1-2H3/t6-,7+/m1/s1. The summed E-state index contributed by atoms with van der Waals surface area (Å²) in [5.74, 6) is -0.869. The molecule has 0 aliphatic carbocycles. The van der Waals surface area contributed by atoms with Gasteiger partial charge < -0.3 is 14.2 Å². The molecule has 0 saturated carbocycles. The molecule has 2 aliphatic rings. The minimum atomic E-state index is -0.562. The van der Waals surface area contributed by atoms with Crippen molar-refractivity contribution in [2.24, 2.45) is 0 Å². The Hall–Kier alpha value is -0.870. The van der Waals surface area contributed by atoms with E-state index in [1.165, 1.54) is 6.08 Å². The zero-order valence-electron chi connectivity index (χ0n) is 7.65. The third kappa shape index (κ3) is 1.73. The van der Waals surface area contributed by atoms with Crippen LogP contribution in [0.5, 0.6) is 0 Å². The minimum absolute atomic E-state index is 0.169. The second-order valence-electron chi connectivity index (χ2n) is 3.63. The summed E-state index contributed by atoms with van der Waals surface area (Å²) in [6, 6.07) is 0. The Labute approximate surface area is 76.5 Å². The van der Waals surface area contributed by atoms with Crippen LogP contribution in [0.4, 0.5) is 0 Å². The second kappa shape index (κ2) is 2.82. The lowest BCUT2D eigenvalue weighted by Gasteiger charge is -2.19. The van der Waals surface area contributed by atoms with Crippen LogP contribution in [0.25, 0.3) is 0 Å². The smallest absolute Gasteiger partial charge is 0.331 e. The van der Waals surface area contributed by atoms with Crippen molar-refractivity contribution in [1.29, 1.82) is 0 Å². The molecular weight excluding hydrogens is 172 g/mol. The Morgan fingerprint density at radius 3 is 2.77 bits per heavy atom. The van der Waals surface area contributed by atoms with Crippen LogP contribution in [0, 0.1) is 0 Å². The van der Waals surface area contributed by atoms with Gasteiger partial charge in [0.05, 0.1) is 6.61 Å². The number of carbonyl (C=O) groups is 1. The Balaban J connectivity index is 1.97. The molecule has 0 radical (unpaired) electrons. The molecule has 0 amide bonds. The average Bonchev–Trinajstić information content (AvgIpc) is 2.56. The quantitative estimate of drug-likeness (QED) is 0.560. The van der Waals surface area contributed by atoms with Crippen molar-refractivity contribution in [1.82, 2.24) is 0 Å². The zero-order valence-corrected chi connectivity index (χ0v) is 7.65. The summed E-state index contributed by atoms with van der Waals surface area (Å²) in [5, 5.41) is 0.